The Kier molecular flexibility index (Phi) is 3.73. The fraction of sp³-hybridized carbons (Fsp3) is 0. The first-order chi connectivity index (χ1) is 7.84. The van der Waals surface area contributed by atoms with Gasteiger partial charge in [-0.2, -0.15) is 4.39 Å². The first kappa shape index (κ1) is 13.0. The molecule has 17 heavy (non-hydrogen) atoms. The molecule has 0 heterocycles. The molecule has 0 aromatic heterocycles. The average molecular weight is 265 g/mol. The summed E-state index contributed by atoms with van der Waals surface area (Å²) in [5.41, 5.74) is 8.00. The Bertz CT molecular complexity index is 495. The summed E-state index contributed by atoms with van der Waals surface area (Å²) in [4.78, 5) is 11.3. The third-order valence-corrected chi connectivity index (χ3v) is 1.78. The topological polar surface area (TPSA) is 87.4 Å². The number of aromatic hydroxyl groups is 1. The summed E-state index contributed by atoms with van der Waals surface area (Å²) in [5, 5.41) is 8.80. The molecule has 1 amide bonds. The third-order valence-electron chi connectivity index (χ3n) is 1.68. The van der Waals surface area contributed by atoms with E-state index >= 15 is 0 Å². The highest BCUT2D eigenvalue weighted by atomic mass is 32.1. The van der Waals surface area contributed by atoms with Crippen LogP contribution in [0.15, 0.2) is 6.07 Å². The molecule has 0 spiro atoms. The Morgan fingerprint density at radius 3 is 2.41 bits per heavy atom. The maximum atomic E-state index is 12.9. The van der Waals surface area contributed by atoms with Crippen LogP contribution in [0.25, 0.3) is 0 Å². The van der Waals surface area contributed by atoms with Crippen molar-refractivity contribution in [3.63, 3.8) is 0 Å². The minimum Gasteiger partial charge on any atom is -0.504 e. The number of carbonyl (C=O) groups excluding carboxylic acids is 1. The van der Waals surface area contributed by atoms with Gasteiger partial charge < -0.3 is 10.8 Å². The molecule has 92 valence electrons. The molecule has 1 aromatic rings. The molecule has 1 rings (SSSR count). The van der Waals surface area contributed by atoms with E-state index in [2.05, 4.69) is 12.2 Å². The van der Waals surface area contributed by atoms with Crippen molar-refractivity contribution in [2.45, 2.75) is 0 Å². The number of halogens is 3. The van der Waals surface area contributed by atoms with Crippen LogP contribution in [0.3, 0.4) is 0 Å². The van der Waals surface area contributed by atoms with Crippen molar-refractivity contribution in [1.82, 2.24) is 10.9 Å². The second kappa shape index (κ2) is 4.87. The molecule has 0 saturated carbocycles. The number of hydrogen-bond acceptors (Lipinski definition) is 3. The second-order valence-electron chi connectivity index (χ2n) is 2.83. The number of amides is 1. The van der Waals surface area contributed by atoms with Crippen molar-refractivity contribution in [3.05, 3.63) is 29.1 Å². The Hall–Kier alpha value is -2.03. The SMILES string of the molecule is NC(=S)NNC(=O)c1cc(F)c(F)c(F)c1O. The van der Waals surface area contributed by atoms with Crippen LogP contribution in [0.2, 0.25) is 0 Å². The van der Waals surface area contributed by atoms with Crippen molar-refractivity contribution in [3.8, 4) is 5.75 Å². The maximum absolute atomic E-state index is 12.9. The van der Waals surface area contributed by atoms with Crippen LogP contribution in [0.4, 0.5) is 13.2 Å². The molecule has 0 radical (unpaired) electrons. The van der Waals surface area contributed by atoms with Crippen LogP contribution >= 0.6 is 12.2 Å². The fourth-order valence-electron chi connectivity index (χ4n) is 0.944. The van der Waals surface area contributed by atoms with E-state index in [9.17, 15) is 18.0 Å². The summed E-state index contributed by atoms with van der Waals surface area (Å²) in [6.45, 7) is 0. The highest BCUT2D eigenvalue weighted by Crippen LogP contribution is 2.25. The van der Waals surface area contributed by atoms with Crippen LogP contribution in [0.1, 0.15) is 10.4 Å². The summed E-state index contributed by atoms with van der Waals surface area (Å²) >= 11 is 4.35. The number of phenolic OH excluding ortho intramolecular Hbond substituents is 1. The Morgan fingerprint density at radius 1 is 1.29 bits per heavy atom. The zero-order valence-electron chi connectivity index (χ0n) is 8.05. The minimum atomic E-state index is -1.87. The number of thiocarbonyl (C=S) groups is 1. The van der Waals surface area contributed by atoms with Gasteiger partial charge in [0.05, 0.1) is 5.56 Å². The van der Waals surface area contributed by atoms with Crippen LogP contribution in [0, 0.1) is 17.5 Å². The fourth-order valence-corrected chi connectivity index (χ4v) is 0.995. The summed E-state index contributed by atoms with van der Waals surface area (Å²) in [6.07, 6.45) is 0. The Morgan fingerprint density at radius 2 is 1.88 bits per heavy atom. The average Bonchev–Trinajstić information content (AvgIpc) is 2.28. The van der Waals surface area contributed by atoms with E-state index in [1.165, 1.54) is 0 Å². The first-order valence-corrected chi connectivity index (χ1v) is 4.47. The normalized spacial score (nSPS) is 9.82. The highest BCUT2D eigenvalue weighted by molar-refractivity contribution is 7.80. The highest BCUT2D eigenvalue weighted by Gasteiger charge is 2.22. The van der Waals surface area contributed by atoms with Crippen molar-refractivity contribution in [2.24, 2.45) is 5.73 Å². The van der Waals surface area contributed by atoms with Crippen molar-refractivity contribution < 1.29 is 23.1 Å². The summed E-state index contributed by atoms with van der Waals surface area (Å²) in [7, 11) is 0. The number of hydrogen-bond donors (Lipinski definition) is 4. The standard InChI is InChI=1S/C8H6F3N3O2S/c9-3-1-2(6(15)5(11)4(3)10)7(16)13-14-8(12)17/h1,15H,(H,13,16)(H3,12,14,17). The predicted octanol–water partition coefficient (Wildman–Crippen LogP) is 0.288. The Labute approximate surface area is 98.4 Å². The van der Waals surface area contributed by atoms with Gasteiger partial charge in [-0.15, -0.1) is 0 Å². The van der Waals surface area contributed by atoms with E-state index in [0.29, 0.717) is 6.07 Å². The third kappa shape index (κ3) is 2.75. The van der Waals surface area contributed by atoms with Gasteiger partial charge in [0.1, 0.15) is 0 Å². The largest absolute Gasteiger partial charge is 0.504 e. The lowest BCUT2D eigenvalue weighted by Crippen LogP contribution is -2.44. The molecule has 0 bridgehead atoms. The zero-order chi connectivity index (χ0) is 13.2. The molecule has 0 atom stereocenters. The summed E-state index contributed by atoms with van der Waals surface area (Å²) in [6, 6.07) is 0.338. The molecule has 0 saturated heterocycles. The second-order valence-corrected chi connectivity index (χ2v) is 3.27. The van der Waals surface area contributed by atoms with Gasteiger partial charge in [-0.1, -0.05) is 0 Å². The van der Waals surface area contributed by atoms with Crippen molar-refractivity contribution in [2.75, 3.05) is 0 Å². The molecule has 1 aromatic carbocycles. The summed E-state index contributed by atoms with van der Waals surface area (Å²) < 4.78 is 38.3. The van der Waals surface area contributed by atoms with Crippen LogP contribution in [-0.4, -0.2) is 16.1 Å². The molecule has 0 unspecified atom stereocenters. The van der Waals surface area contributed by atoms with E-state index in [1.807, 2.05) is 10.9 Å². The molecular weight excluding hydrogens is 259 g/mol. The Balaban J connectivity index is 3.06. The molecular formula is C8H6F3N3O2S. The monoisotopic (exact) mass is 265 g/mol. The summed E-state index contributed by atoms with van der Waals surface area (Å²) in [5.74, 6) is -7.79. The van der Waals surface area contributed by atoms with E-state index in [1.54, 1.807) is 0 Å². The molecule has 0 aliphatic carbocycles. The number of benzene rings is 1. The molecule has 0 fully saturated rings. The number of nitrogens with two attached hydrogens (primary N) is 1. The van der Waals surface area contributed by atoms with Crippen LogP contribution < -0.4 is 16.6 Å². The van der Waals surface area contributed by atoms with Crippen LogP contribution in [-0.2, 0) is 0 Å². The quantitative estimate of drug-likeness (QED) is 0.333. The lowest BCUT2D eigenvalue weighted by atomic mass is 10.1. The van der Waals surface area contributed by atoms with Gasteiger partial charge in [0.2, 0.25) is 5.82 Å². The van der Waals surface area contributed by atoms with E-state index in [-0.39, 0.29) is 5.11 Å². The van der Waals surface area contributed by atoms with Crippen LogP contribution in [0.5, 0.6) is 5.75 Å². The predicted molar refractivity (Wildman–Crippen MR) is 55.4 cm³/mol. The van der Waals surface area contributed by atoms with Gasteiger partial charge in [0, 0.05) is 0 Å². The number of phenols is 1. The van der Waals surface area contributed by atoms with Crippen molar-refractivity contribution >= 4 is 23.2 Å². The molecule has 0 aliphatic rings. The van der Waals surface area contributed by atoms with Gasteiger partial charge in [-0.25, -0.2) is 8.78 Å². The van der Waals surface area contributed by atoms with Gasteiger partial charge >= 0.3 is 0 Å². The minimum absolute atomic E-state index is 0.305. The van der Waals surface area contributed by atoms with Crippen molar-refractivity contribution in [1.29, 1.82) is 0 Å². The van der Waals surface area contributed by atoms with Gasteiger partial charge in [0.25, 0.3) is 5.91 Å². The lowest BCUT2D eigenvalue weighted by Gasteiger charge is -2.08. The number of hydrazine groups is 1. The lowest BCUT2D eigenvalue weighted by molar-refractivity contribution is 0.0939. The number of nitrogens with one attached hydrogen (secondary N) is 2. The molecule has 5 nitrogen and oxygen atoms in total. The van der Waals surface area contributed by atoms with E-state index < -0.39 is 34.7 Å². The van der Waals surface area contributed by atoms with Gasteiger partial charge in [0.15, 0.2) is 22.5 Å². The van der Waals surface area contributed by atoms with E-state index in [4.69, 9.17) is 10.8 Å². The van der Waals surface area contributed by atoms with Gasteiger partial charge in [-0.05, 0) is 18.3 Å². The molecule has 9 heteroatoms. The number of carbonyl (C=O) groups is 1. The smallest absolute Gasteiger partial charge is 0.273 e. The number of rotatable bonds is 1. The van der Waals surface area contributed by atoms with E-state index in [0.717, 1.165) is 0 Å². The first-order valence-electron chi connectivity index (χ1n) is 4.06. The maximum Gasteiger partial charge on any atom is 0.273 e. The molecule has 0 aliphatic heterocycles. The van der Waals surface area contributed by atoms with Gasteiger partial charge in [-0.3, -0.25) is 15.6 Å². The molecule has 5 N–H and O–H groups in total. The zero-order valence-corrected chi connectivity index (χ0v) is 8.87.